The number of urea groups is 1. The number of sulfone groups is 1. The van der Waals surface area contributed by atoms with E-state index in [4.69, 9.17) is 5.73 Å². The van der Waals surface area contributed by atoms with Gasteiger partial charge < -0.3 is 5.73 Å². The van der Waals surface area contributed by atoms with Crippen LogP contribution in [0.25, 0.3) is 11.3 Å². The van der Waals surface area contributed by atoms with Gasteiger partial charge in [0, 0.05) is 11.8 Å². The van der Waals surface area contributed by atoms with Crippen LogP contribution in [0.1, 0.15) is 0 Å². The average Bonchev–Trinajstić information content (AvgIpc) is 2.37. The molecular weight excluding hydrogens is 278 g/mol. The van der Waals surface area contributed by atoms with Crippen LogP contribution < -0.4 is 11.1 Å². The van der Waals surface area contributed by atoms with Crippen LogP contribution >= 0.6 is 0 Å². The molecule has 2 rings (SSSR count). The van der Waals surface area contributed by atoms with Crippen molar-refractivity contribution < 1.29 is 13.2 Å². The number of nitrogens with two attached hydrogens (primary N) is 1. The quantitative estimate of drug-likeness (QED) is 0.897. The summed E-state index contributed by atoms with van der Waals surface area (Å²) in [4.78, 5) is 15.2. The van der Waals surface area contributed by atoms with Crippen molar-refractivity contribution in [3.05, 3.63) is 42.5 Å². The van der Waals surface area contributed by atoms with Crippen LogP contribution in [0.2, 0.25) is 0 Å². The van der Waals surface area contributed by atoms with Gasteiger partial charge in [-0.05, 0) is 24.3 Å². The Morgan fingerprint density at radius 2 is 1.80 bits per heavy atom. The van der Waals surface area contributed by atoms with Crippen molar-refractivity contribution in [3.8, 4) is 11.3 Å². The van der Waals surface area contributed by atoms with E-state index in [1.807, 2.05) is 0 Å². The highest BCUT2D eigenvalue weighted by Gasteiger charge is 2.08. The molecule has 0 fully saturated rings. The molecule has 0 atom stereocenters. The molecule has 2 amide bonds. The Labute approximate surface area is 116 Å². The van der Waals surface area contributed by atoms with E-state index in [9.17, 15) is 13.2 Å². The summed E-state index contributed by atoms with van der Waals surface area (Å²) >= 11 is 0. The molecule has 20 heavy (non-hydrogen) atoms. The predicted molar refractivity (Wildman–Crippen MR) is 76.0 cm³/mol. The molecular formula is C13H13N3O3S. The van der Waals surface area contributed by atoms with Crippen LogP contribution in [-0.2, 0) is 9.84 Å². The third-order valence-electron chi connectivity index (χ3n) is 2.58. The molecule has 0 unspecified atom stereocenters. The second-order valence-corrected chi connectivity index (χ2v) is 6.21. The number of hydrogen-bond acceptors (Lipinski definition) is 4. The van der Waals surface area contributed by atoms with E-state index in [-0.39, 0.29) is 4.90 Å². The zero-order chi connectivity index (χ0) is 14.8. The average molecular weight is 291 g/mol. The smallest absolute Gasteiger partial charge is 0.317 e. The van der Waals surface area contributed by atoms with Gasteiger partial charge in [0.25, 0.3) is 0 Å². The van der Waals surface area contributed by atoms with E-state index in [0.717, 1.165) is 11.8 Å². The number of anilines is 1. The lowest BCUT2D eigenvalue weighted by Gasteiger charge is -2.05. The van der Waals surface area contributed by atoms with Crippen LogP contribution in [0.3, 0.4) is 0 Å². The maximum atomic E-state index is 11.4. The van der Waals surface area contributed by atoms with Gasteiger partial charge in [0.05, 0.1) is 10.6 Å². The minimum absolute atomic E-state index is 0.243. The van der Waals surface area contributed by atoms with Crippen molar-refractivity contribution in [2.45, 2.75) is 4.90 Å². The Hall–Kier alpha value is -2.41. The highest BCUT2D eigenvalue weighted by atomic mass is 32.2. The lowest BCUT2D eigenvalue weighted by molar-refractivity contribution is 0.259. The van der Waals surface area contributed by atoms with Gasteiger partial charge in [-0.1, -0.05) is 18.2 Å². The molecule has 0 saturated carbocycles. The van der Waals surface area contributed by atoms with E-state index < -0.39 is 15.9 Å². The highest BCUT2D eigenvalue weighted by Crippen LogP contribution is 2.20. The molecule has 0 aliphatic rings. The Kier molecular flexibility index (Phi) is 3.71. The molecule has 0 bridgehead atoms. The monoisotopic (exact) mass is 291 g/mol. The molecule has 0 aliphatic carbocycles. The zero-order valence-corrected chi connectivity index (χ0v) is 11.5. The topological polar surface area (TPSA) is 102 Å². The van der Waals surface area contributed by atoms with Gasteiger partial charge in [-0.15, -0.1) is 0 Å². The number of primary amides is 1. The fourth-order valence-electron chi connectivity index (χ4n) is 1.66. The van der Waals surface area contributed by atoms with Crippen LogP contribution in [-0.4, -0.2) is 25.7 Å². The first kappa shape index (κ1) is 14.0. The molecule has 0 radical (unpaired) electrons. The van der Waals surface area contributed by atoms with E-state index in [0.29, 0.717) is 11.5 Å². The SMILES string of the molecule is CS(=O)(=O)c1ccc(-c2cccc(NC(N)=O)n2)cc1. The number of pyridine rings is 1. The third kappa shape index (κ3) is 3.33. The number of amides is 2. The van der Waals surface area contributed by atoms with Gasteiger partial charge in [0.1, 0.15) is 5.82 Å². The molecule has 1 aromatic carbocycles. The van der Waals surface area contributed by atoms with Gasteiger partial charge in [-0.2, -0.15) is 0 Å². The van der Waals surface area contributed by atoms with Crippen molar-refractivity contribution in [3.63, 3.8) is 0 Å². The number of carbonyl (C=O) groups excluding carboxylic acids is 1. The lowest BCUT2D eigenvalue weighted by Crippen LogP contribution is -2.19. The van der Waals surface area contributed by atoms with Crippen molar-refractivity contribution in [1.29, 1.82) is 0 Å². The first-order valence-electron chi connectivity index (χ1n) is 5.70. The molecule has 2 aromatic rings. The second kappa shape index (κ2) is 5.30. The van der Waals surface area contributed by atoms with Crippen LogP contribution in [0.5, 0.6) is 0 Å². The molecule has 6 nitrogen and oxygen atoms in total. The number of nitrogens with zero attached hydrogens (tertiary/aromatic N) is 1. The number of carbonyl (C=O) groups is 1. The molecule has 7 heteroatoms. The van der Waals surface area contributed by atoms with Crippen molar-refractivity contribution in [2.24, 2.45) is 5.73 Å². The summed E-state index contributed by atoms with van der Waals surface area (Å²) in [5.74, 6) is 0.335. The lowest BCUT2D eigenvalue weighted by atomic mass is 10.1. The van der Waals surface area contributed by atoms with Gasteiger partial charge in [-0.3, -0.25) is 5.32 Å². The van der Waals surface area contributed by atoms with Crippen LogP contribution in [0.4, 0.5) is 10.6 Å². The highest BCUT2D eigenvalue weighted by molar-refractivity contribution is 7.90. The van der Waals surface area contributed by atoms with Gasteiger partial charge in [0.2, 0.25) is 0 Å². The first-order valence-corrected chi connectivity index (χ1v) is 7.59. The zero-order valence-electron chi connectivity index (χ0n) is 10.7. The number of hydrogen-bond donors (Lipinski definition) is 2. The number of benzene rings is 1. The maximum absolute atomic E-state index is 11.4. The molecule has 0 spiro atoms. The fourth-order valence-corrected chi connectivity index (χ4v) is 2.29. The Morgan fingerprint density at radius 3 is 2.35 bits per heavy atom. The molecule has 0 saturated heterocycles. The summed E-state index contributed by atoms with van der Waals surface area (Å²) in [5.41, 5.74) is 6.37. The van der Waals surface area contributed by atoms with Crippen LogP contribution in [0.15, 0.2) is 47.4 Å². The van der Waals surface area contributed by atoms with Crippen molar-refractivity contribution in [2.75, 3.05) is 11.6 Å². The minimum atomic E-state index is -3.22. The molecule has 1 heterocycles. The largest absolute Gasteiger partial charge is 0.351 e. The summed E-state index contributed by atoms with van der Waals surface area (Å²) in [7, 11) is -3.22. The van der Waals surface area contributed by atoms with Crippen molar-refractivity contribution >= 4 is 21.7 Å². The molecule has 104 valence electrons. The van der Waals surface area contributed by atoms with E-state index in [1.54, 1.807) is 30.3 Å². The molecule has 3 N–H and O–H groups in total. The van der Waals surface area contributed by atoms with Crippen molar-refractivity contribution in [1.82, 2.24) is 4.98 Å². The van der Waals surface area contributed by atoms with Gasteiger partial charge >= 0.3 is 6.03 Å². The Morgan fingerprint density at radius 1 is 1.15 bits per heavy atom. The summed E-state index contributed by atoms with van der Waals surface area (Å²) in [5, 5.41) is 2.38. The normalized spacial score (nSPS) is 11.1. The summed E-state index contributed by atoms with van der Waals surface area (Å²) in [6.07, 6.45) is 1.15. The number of rotatable bonds is 3. The van der Waals surface area contributed by atoms with Crippen LogP contribution in [0, 0.1) is 0 Å². The minimum Gasteiger partial charge on any atom is -0.351 e. The Balaban J connectivity index is 2.34. The summed E-state index contributed by atoms with van der Waals surface area (Å²) in [6, 6.07) is 10.7. The Bertz CT molecular complexity index is 740. The van der Waals surface area contributed by atoms with E-state index >= 15 is 0 Å². The second-order valence-electron chi connectivity index (χ2n) is 4.19. The van der Waals surface area contributed by atoms with Gasteiger partial charge in [0.15, 0.2) is 9.84 Å². The van der Waals surface area contributed by atoms with E-state index in [2.05, 4.69) is 10.3 Å². The number of aromatic nitrogens is 1. The van der Waals surface area contributed by atoms with E-state index in [1.165, 1.54) is 12.1 Å². The molecule has 0 aliphatic heterocycles. The third-order valence-corrected chi connectivity index (χ3v) is 3.71. The van der Waals surface area contributed by atoms with Gasteiger partial charge in [-0.25, -0.2) is 18.2 Å². The molecule has 1 aromatic heterocycles. The standard InChI is InChI=1S/C13H13N3O3S/c1-20(18,19)10-7-5-9(6-8-10)11-3-2-4-12(15-11)16-13(14)17/h2-8H,1H3,(H3,14,15,16,17). The summed E-state index contributed by atoms with van der Waals surface area (Å²) < 4.78 is 22.8. The fraction of sp³-hybridized carbons (Fsp3) is 0.0769. The first-order chi connectivity index (χ1) is 9.36. The summed E-state index contributed by atoms with van der Waals surface area (Å²) in [6.45, 7) is 0. The number of nitrogens with one attached hydrogen (secondary N) is 1. The maximum Gasteiger partial charge on any atom is 0.317 e. The predicted octanol–water partition coefficient (Wildman–Crippen LogP) is 1.64.